The first-order valence-electron chi connectivity index (χ1n) is 10.4. The van der Waals surface area contributed by atoms with Gasteiger partial charge < -0.3 is 40.1 Å². The summed E-state index contributed by atoms with van der Waals surface area (Å²) in [5.74, 6) is 5.81. The normalized spacial score (nSPS) is 36.2. The van der Waals surface area contributed by atoms with E-state index in [4.69, 9.17) is 9.47 Å². The maximum Gasteiger partial charge on any atom is 0.145 e. The molecule has 1 aromatic carbocycles. The maximum atomic E-state index is 10.1. The molecule has 2 aliphatic rings. The van der Waals surface area contributed by atoms with E-state index in [-0.39, 0.29) is 26.1 Å². The molecule has 8 atom stereocenters. The molecule has 0 spiro atoms. The van der Waals surface area contributed by atoms with Crippen LogP contribution in [0.15, 0.2) is 30.3 Å². The number of aliphatic hydroxyl groups excluding tert-OH is 6. The van der Waals surface area contributed by atoms with Gasteiger partial charge in [0.05, 0.1) is 43.7 Å². The summed E-state index contributed by atoms with van der Waals surface area (Å²) in [6.07, 6.45) is -2.09. The van der Waals surface area contributed by atoms with Crippen LogP contribution in [0.3, 0.4) is 0 Å². The van der Waals surface area contributed by atoms with E-state index in [1.807, 2.05) is 36.4 Å². The molecule has 2 aliphatic heterocycles. The van der Waals surface area contributed by atoms with Crippen LogP contribution in [0.4, 0.5) is 0 Å². The van der Waals surface area contributed by atoms with Crippen LogP contribution in [0.1, 0.15) is 30.4 Å². The van der Waals surface area contributed by atoms with Crippen molar-refractivity contribution in [3.63, 3.8) is 0 Å². The van der Waals surface area contributed by atoms with Crippen molar-refractivity contribution >= 4 is 6.08 Å². The van der Waals surface area contributed by atoms with E-state index in [0.717, 1.165) is 5.56 Å². The quantitative estimate of drug-likeness (QED) is 0.331. The highest BCUT2D eigenvalue weighted by molar-refractivity contribution is 5.53. The Kier molecular flexibility index (Phi) is 8.60. The van der Waals surface area contributed by atoms with Crippen LogP contribution in [-0.2, 0) is 9.47 Å². The topological polar surface area (TPSA) is 140 Å². The number of hydrogen-bond acceptors (Lipinski definition) is 8. The molecule has 31 heavy (non-hydrogen) atoms. The lowest BCUT2D eigenvalue weighted by atomic mass is 9.96. The van der Waals surface area contributed by atoms with E-state index in [0.29, 0.717) is 12.0 Å². The number of aliphatic hydroxyl groups is 6. The van der Waals surface area contributed by atoms with Gasteiger partial charge >= 0.3 is 0 Å². The zero-order valence-corrected chi connectivity index (χ0v) is 17.1. The van der Waals surface area contributed by atoms with Gasteiger partial charge in [-0.05, 0) is 24.1 Å². The molecule has 8 nitrogen and oxygen atoms in total. The van der Waals surface area contributed by atoms with Gasteiger partial charge in [-0.2, -0.15) is 0 Å². The van der Waals surface area contributed by atoms with E-state index in [1.165, 1.54) is 0 Å². The zero-order chi connectivity index (χ0) is 22.4. The molecule has 5 unspecified atom stereocenters. The van der Waals surface area contributed by atoms with Crippen molar-refractivity contribution in [2.75, 3.05) is 13.2 Å². The fourth-order valence-corrected chi connectivity index (χ4v) is 3.75. The minimum Gasteiger partial charge on any atom is -0.394 e. The summed E-state index contributed by atoms with van der Waals surface area (Å²) >= 11 is 0. The first-order valence-corrected chi connectivity index (χ1v) is 10.4. The van der Waals surface area contributed by atoms with E-state index < -0.39 is 48.8 Å². The van der Waals surface area contributed by atoms with Crippen molar-refractivity contribution in [3.8, 4) is 11.8 Å². The van der Waals surface area contributed by atoms with Gasteiger partial charge in [-0.15, -0.1) is 0 Å². The minimum atomic E-state index is -1.01. The molecule has 0 amide bonds. The van der Waals surface area contributed by atoms with Crippen molar-refractivity contribution in [1.29, 1.82) is 0 Å². The second kappa shape index (κ2) is 11.2. The Bertz CT molecular complexity index is 800. The van der Waals surface area contributed by atoms with Crippen LogP contribution in [0, 0.1) is 11.8 Å². The largest absolute Gasteiger partial charge is 0.394 e. The standard InChI is InChI=1S/C23H30O8/c24-12-16-10-19(28)23(29)21(30-16)6-2-5-14-3-1-4-15(9-14)7-8-20-17(26)11-18(27)22(13-25)31-20/h1-5,9,16-29H,6,10-13H2/b5-2+/t16?,17-,18?,19?,20?,21+,22+,23?/m0/s1. The molecule has 0 aromatic heterocycles. The number of hydrogen-bond donors (Lipinski definition) is 6. The Labute approximate surface area is 181 Å². The number of benzene rings is 1. The van der Waals surface area contributed by atoms with Crippen molar-refractivity contribution in [3.05, 3.63) is 41.5 Å². The first-order chi connectivity index (χ1) is 14.9. The monoisotopic (exact) mass is 434 g/mol. The molecule has 2 saturated heterocycles. The van der Waals surface area contributed by atoms with Crippen LogP contribution in [-0.4, -0.2) is 92.7 Å². The van der Waals surface area contributed by atoms with E-state index in [1.54, 1.807) is 0 Å². The highest BCUT2D eigenvalue weighted by atomic mass is 16.5. The SMILES string of the molecule is OCC1CC(O)C(O)[C@@H](C/C=C/c2cccc(C#CC3O[C@H](CO)C(O)C[C@@H]3O)c2)O1. The van der Waals surface area contributed by atoms with Crippen LogP contribution in [0.5, 0.6) is 0 Å². The molecular weight excluding hydrogens is 404 g/mol. The predicted molar refractivity (Wildman–Crippen MR) is 112 cm³/mol. The molecule has 1 aromatic rings. The maximum absolute atomic E-state index is 10.1. The second-order valence-corrected chi connectivity index (χ2v) is 7.95. The summed E-state index contributed by atoms with van der Waals surface area (Å²) in [6.45, 7) is -0.552. The third-order valence-electron chi connectivity index (χ3n) is 5.54. The van der Waals surface area contributed by atoms with Crippen LogP contribution < -0.4 is 0 Å². The molecule has 0 radical (unpaired) electrons. The van der Waals surface area contributed by atoms with Gasteiger partial charge in [-0.3, -0.25) is 0 Å². The average Bonchev–Trinajstić information content (AvgIpc) is 2.76. The molecule has 2 heterocycles. The van der Waals surface area contributed by atoms with Gasteiger partial charge in [-0.1, -0.05) is 36.1 Å². The number of rotatable bonds is 5. The van der Waals surface area contributed by atoms with Crippen LogP contribution in [0.25, 0.3) is 6.08 Å². The van der Waals surface area contributed by atoms with Crippen LogP contribution >= 0.6 is 0 Å². The molecule has 8 heteroatoms. The molecule has 3 rings (SSSR count). The van der Waals surface area contributed by atoms with Crippen LogP contribution in [0.2, 0.25) is 0 Å². The smallest absolute Gasteiger partial charge is 0.145 e. The summed E-state index contributed by atoms with van der Waals surface area (Å²) in [5.41, 5.74) is 1.57. The molecule has 0 aliphatic carbocycles. The zero-order valence-electron chi connectivity index (χ0n) is 17.1. The molecule has 0 bridgehead atoms. The average molecular weight is 434 g/mol. The Morgan fingerprint density at radius 3 is 2.48 bits per heavy atom. The Hall–Kier alpha value is -1.80. The highest BCUT2D eigenvalue weighted by Gasteiger charge is 2.36. The van der Waals surface area contributed by atoms with Gasteiger partial charge in [0.15, 0.2) is 0 Å². The summed E-state index contributed by atoms with van der Waals surface area (Å²) in [5, 5.41) is 58.3. The Morgan fingerprint density at radius 2 is 1.74 bits per heavy atom. The summed E-state index contributed by atoms with van der Waals surface area (Å²) in [7, 11) is 0. The molecule has 2 fully saturated rings. The van der Waals surface area contributed by atoms with Crippen molar-refractivity contribution in [1.82, 2.24) is 0 Å². The van der Waals surface area contributed by atoms with Gasteiger partial charge in [0.25, 0.3) is 0 Å². The molecule has 170 valence electrons. The van der Waals surface area contributed by atoms with Crippen molar-refractivity contribution in [2.45, 2.75) is 68.1 Å². The third-order valence-corrected chi connectivity index (χ3v) is 5.54. The lowest BCUT2D eigenvalue weighted by Crippen LogP contribution is -2.48. The lowest BCUT2D eigenvalue weighted by Gasteiger charge is -2.36. The Morgan fingerprint density at radius 1 is 0.935 bits per heavy atom. The second-order valence-electron chi connectivity index (χ2n) is 7.95. The van der Waals surface area contributed by atoms with E-state index in [9.17, 15) is 30.6 Å². The van der Waals surface area contributed by atoms with Gasteiger partial charge in [-0.25, -0.2) is 0 Å². The summed E-state index contributed by atoms with van der Waals surface area (Å²) in [6, 6.07) is 7.38. The first kappa shape index (κ1) is 23.9. The highest BCUT2D eigenvalue weighted by Crippen LogP contribution is 2.23. The van der Waals surface area contributed by atoms with Gasteiger partial charge in [0.1, 0.15) is 18.3 Å². The molecule has 6 N–H and O–H groups in total. The Balaban J connectivity index is 1.61. The van der Waals surface area contributed by atoms with Crippen molar-refractivity contribution in [2.24, 2.45) is 0 Å². The third kappa shape index (κ3) is 6.35. The fourth-order valence-electron chi connectivity index (χ4n) is 3.75. The molecular formula is C23H30O8. The minimum absolute atomic E-state index is 0.0915. The fraction of sp³-hybridized carbons (Fsp3) is 0.565. The van der Waals surface area contributed by atoms with E-state index >= 15 is 0 Å². The van der Waals surface area contributed by atoms with Crippen molar-refractivity contribution < 1.29 is 40.1 Å². The lowest BCUT2D eigenvalue weighted by molar-refractivity contribution is -0.175. The van der Waals surface area contributed by atoms with Gasteiger partial charge in [0, 0.05) is 18.4 Å². The van der Waals surface area contributed by atoms with Gasteiger partial charge in [0.2, 0.25) is 0 Å². The predicted octanol–water partition coefficient (Wildman–Crippen LogP) is -0.815. The summed E-state index contributed by atoms with van der Waals surface area (Å²) < 4.78 is 11.1. The number of ether oxygens (including phenoxy) is 2. The molecule has 0 saturated carbocycles. The van der Waals surface area contributed by atoms with E-state index in [2.05, 4.69) is 11.8 Å². The summed E-state index contributed by atoms with van der Waals surface area (Å²) in [4.78, 5) is 0.